The Kier molecular flexibility index (Phi) is 6.13. The maximum Gasteiger partial charge on any atom is 0.123 e. The molecule has 158 valence electrons. The Morgan fingerprint density at radius 2 is 1.19 bits per heavy atom. The van der Waals surface area contributed by atoms with Gasteiger partial charge in [0, 0.05) is 28.2 Å². The number of nitrogens with zero attached hydrogens (tertiary/aromatic N) is 3. The van der Waals surface area contributed by atoms with Gasteiger partial charge in [0.05, 0.1) is 6.04 Å². The third-order valence-electron chi connectivity index (χ3n) is 7.45. The van der Waals surface area contributed by atoms with Gasteiger partial charge in [-0.05, 0) is 95.2 Å². The molecule has 5 heteroatoms. The molecule has 0 amide bonds. The molecule has 0 saturated carbocycles. The fraction of sp³-hybridized carbons (Fsp3) is 0.955. The fourth-order valence-corrected chi connectivity index (χ4v) is 5.46. The molecule has 2 N–H and O–H groups in total. The molecule has 2 fully saturated rings. The molecule has 2 heterocycles. The number of amidine groups is 1. The highest BCUT2D eigenvalue weighted by Crippen LogP contribution is 2.39. The lowest BCUT2D eigenvalue weighted by Crippen LogP contribution is -2.63. The first kappa shape index (κ1) is 22.6. The summed E-state index contributed by atoms with van der Waals surface area (Å²) in [6.07, 6.45) is 4.14. The van der Waals surface area contributed by atoms with E-state index in [0.29, 0.717) is 6.04 Å². The van der Waals surface area contributed by atoms with Crippen LogP contribution in [0.3, 0.4) is 0 Å². The Morgan fingerprint density at radius 3 is 1.56 bits per heavy atom. The highest BCUT2D eigenvalue weighted by molar-refractivity contribution is 5.83. The largest absolute Gasteiger partial charge is 0.388 e. The number of aliphatic hydroxyl groups is 1. The van der Waals surface area contributed by atoms with Crippen molar-refractivity contribution in [1.82, 2.24) is 15.1 Å². The van der Waals surface area contributed by atoms with Crippen LogP contribution in [0.25, 0.3) is 0 Å². The quantitative estimate of drug-likeness (QED) is 0.583. The minimum Gasteiger partial charge on any atom is -0.388 e. The van der Waals surface area contributed by atoms with Crippen molar-refractivity contribution in [2.24, 2.45) is 4.99 Å². The highest BCUT2D eigenvalue weighted by Gasteiger charge is 2.44. The van der Waals surface area contributed by atoms with Gasteiger partial charge in [-0.25, -0.2) is 0 Å². The van der Waals surface area contributed by atoms with Gasteiger partial charge in [0.15, 0.2) is 0 Å². The zero-order valence-corrected chi connectivity index (χ0v) is 19.5. The minimum atomic E-state index is -0.0135. The number of likely N-dealkylation sites (tertiary alicyclic amines) is 2. The number of aliphatic hydroxyl groups excluding tert-OH is 1. The number of aliphatic imine (C=N–C) groups is 1. The average Bonchev–Trinajstić information content (AvgIpc) is 2.48. The fourth-order valence-electron chi connectivity index (χ4n) is 5.46. The number of hydrogen-bond acceptors (Lipinski definition) is 4. The van der Waals surface area contributed by atoms with Gasteiger partial charge in [0.2, 0.25) is 0 Å². The van der Waals surface area contributed by atoms with E-state index in [1.165, 1.54) is 0 Å². The zero-order valence-electron chi connectivity index (χ0n) is 19.5. The summed E-state index contributed by atoms with van der Waals surface area (Å²) in [5.41, 5.74) is 0.455. The van der Waals surface area contributed by atoms with Crippen LogP contribution >= 0.6 is 0 Å². The number of rotatable bonds is 3. The summed E-state index contributed by atoms with van der Waals surface area (Å²) < 4.78 is 0. The van der Waals surface area contributed by atoms with E-state index in [1.54, 1.807) is 0 Å². The van der Waals surface area contributed by atoms with Gasteiger partial charge in [-0.15, -0.1) is 0 Å². The van der Waals surface area contributed by atoms with E-state index in [4.69, 9.17) is 4.99 Å². The first-order valence-electron chi connectivity index (χ1n) is 10.5. The third kappa shape index (κ3) is 4.86. The maximum absolute atomic E-state index is 10.00. The molecule has 2 aliphatic rings. The number of hydrogen-bond donors (Lipinski definition) is 2. The van der Waals surface area contributed by atoms with Crippen LogP contribution in [0.4, 0.5) is 0 Å². The Balaban J connectivity index is 2.15. The van der Waals surface area contributed by atoms with Crippen LogP contribution in [-0.4, -0.2) is 75.7 Å². The average molecular weight is 381 g/mol. The molecule has 0 aromatic carbocycles. The van der Waals surface area contributed by atoms with Gasteiger partial charge >= 0.3 is 0 Å². The lowest BCUT2D eigenvalue weighted by Gasteiger charge is -2.54. The van der Waals surface area contributed by atoms with Crippen molar-refractivity contribution in [2.75, 3.05) is 20.7 Å². The van der Waals surface area contributed by atoms with Crippen LogP contribution in [0.5, 0.6) is 0 Å². The van der Waals surface area contributed by atoms with E-state index < -0.39 is 0 Å². The molecule has 0 aliphatic carbocycles. The predicted octanol–water partition coefficient (Wildman–Crippen LogP) is 3.27. The summed E-state index contributed by atoms with van der Waals surface area (Å²) in [6, 6.07) is 0.581. The van der Waals surface area contributed by atoms with Crippen LogP contribution in [0, 0.1) is 0 Å². The second-order valence-corrected chi connectivity index (χ2v) is 11.4. The monoisotopic (exact) mass is 380 g/mol. The summed E-state index contributed by atoms with van der Waals surface area (Å²) in [5.74, 6) is 0.761. The summed E-state index contributed by atoms with van der Waals surface area (Å²) in [4.78, 5) is 9.96. The molecule has 5 nitrogen and oxygen atoms in total. The van der Waals surface area contributed by atoms with Gasteiger partial charge in [-0.3, -0.25) is 14.8 Å². The lowest BCUT2D eigenvalue weighted by molar-refractivity contribution is -0.0153. The highest BCUT2D eigenvalue weighted by atomic mass is 16.3. The Bertz CT molecular complexity index is 529. The second-order valence-electron chi connectivity index (χ2n) is 11.4. The van der Waals surface area contributed by atoms with Crippen molar-refractivity contribution >= 4 is 5.84 Å². The van der Waals surface area contributed by atoms with E-state index in [1.807, 2.05) is 0 Å². The maximum atomic E-state index is 10.00. The topological polar surface area (TPSA) is 51.1 Å². The van der Waals surface area contributed by atoms with Crippen molar-refractivity contribution in [3.8, 4) is 0 Å². The third-order valence-corrected chi connectivity index (χ3v) is 7.45. The molecule has 0 aromatic rings. The molecule has 27 heavy (non-hydrogen) atoms. The van der Waals surface area contributed by atoms with E-state index >= 15 is 0 Å². The van der Waals surface area contributed by atoms with Crippen molar-refractivity contribution in [2.45, 2.75) is 115 Å². The van der Waals surface area contributed by atoms with Crippen LogP contribution in [0.15, 0.2) is 4.99 Å². The Labute approximate surface area is 167 Å². The molecular formula is C22H44N4O. The molecule has 2 aliphatic heterocycles. The van der Waals surface area contributed by atoms with Crippen LogP contribution < -0.4 is 5.32 Å². The molecule has 0 atom stereocenters. The zero-order chi connectivity index (χ0) is 20.8. The standard InChI is InChI=1S/C22H44N4O/c1-19(2)11-16(12-20(3,4)25(19)9)23-18(15-27)24-17-13-21(5,6)26(10)22(7,8)14-17/h16-17,27H,11-15H2,1-10H3,(H,23,24). The summed E-state index contributed by atoms with van der Waals surface area (Å²) in [6.45, 7) is 18.4. The molecule has 0 aromatic heterocycles. The summed E-state index contributed by atoms with van der Waals surface area (Å²) in [5, 5.41) is 13.6. The van der Waals surface area contributed by atoms with Crippen molar-refractivity contribution in [3.63, 3.8) is 0 Å². The Morgan fingerprint density at radius 1 is 0.815 bits per heavy atom. The van der Waals surface area contributed by atoms with Gasteiger partial charge in [-0.2, -0.15) is 0 Å². The smallest absolute Gasteiger partial charge is 0.123 e. The normalized spacial score (nSPS) is 29.7. The first-order valence-corrected chi connectivity index (χ1v) is 10.5. The molecule has 0 radical (unpaired) electrons. The first-order chi connectivity index (χ1) is 12.1. The molecule has 0 spiro atoms. The lowest BCUT2D eigenvalue weighted by atomic mass is 9.77. The number of nitrogens with one attached hydrogen (secondary N) is 1. The summed E-state index contributed by atoms with van der Waals surface area (Å²) >= 11 is 0. The van der Waals surface area contributed by atoms with E-state index in [0.717, 1.165) is 31.5 Å². The van der Waals surface area contributed by atoms with Gasteiger partial charge < -0.3 is 10.4 Å². The van der Waals surface area contributed by atoms with Crippen molar-refractivity contribution in [1.29, 1.82) is 0 Å². The predicted molar refractivity (Wildman–Crippen MR) is 116 cm³/mol. The van der Waals surface area contributed by atoms with Gasteiger partial charge in [-0.1, -0.05) is 0 Å². The van der Waals surface area contributed by atoms with Crippen LogP contribution in [0.1, 0.15) is 81.1 Å². The molecule has 2 rings (SSSR count). The Hall–Kier alpha value is -0.650. The van der Waals surface area contributed by atoms with E-state index in [9.17, 15) is 5.11 Å². The molecular weight excluding hydrogens is 336 g/mol. The van der Waals surface area contributed by atoms with E-state index in [-0.39, 0.29) is 34.8 Å². The molecule has 0 unspecified atom stereocenters. The summed E-state index contributed by atoms with van der Waals surface area (Å²) in [7, 11) is 4.44. The molecule has 0 bridgehead atoms. The van der Waals surface area contributed by atoms with Gasteiger partial charge in [0.1, 0.15) is 12.4 Å². The molecule has 2 saturated heterocycles. The van der Waals surface area contributed by atoms with Gasteiger partial charge in [0.25, 0.3) is 0 Å². The van der Waals surface area contributed by atoms with E-state index in [2.05, 4.69) is 84.6 Å². The van der Waals surface area contributed by atoms with Crippen molar-refractivity contribution in [3.05, 3.63) is 0 Å². The minimum absolute atomic E-state index is 0.0135. The number of piperidine rings is 2. The van der Waals surface area contributed by atoms with Crippen LogP contribution in [-0.2, 0) is 0 Å². The van der Waals surface area contributed by atoms with Crippen LogP contribution in [0.2, 0.25) is 0 Å². The second kappa shape index (κ2) is 7.31. The SMILES string of the molecule is CN1C(C)(C)CC(N=C(CO)NC2CC(C)(C)N(C)C(C)(C)C2)CC1(C)C. The van der Waals surface area contributed by atoms with Crippen molar-refractivity contribution < 1.29 is 5.11 Å².